The van der Waals surface area contributed by atoms with Gasteiger partial charge in [-0.15, -0.1) is 11.3 Å². The van der Waals surface area contributed by atoms with E-state index >= 15 is 0 Å². The molecule has 1 heterocycles. The van der Waals surface area contributed by atoms with Gasteiger partial charge in [0.25, 0.3) is 0 Å². The molecular formula is C19H27N3OS. The van der Waals surface area contributed by atoms with Crippen molar-refractivity contribution in [1.82, 2.24) is 4.98 Å². The highest BCUT2D eigenvalue weighted by molar-refractivity contribution is 7.15. The molecule has 0 radical (unpaired) electrons. The van der Waals surface area contributed by atoms with Crippen molar-refractivity contribution in [2.24, 2.45) is 5.73 Å². The Balaban J connectivity index is 2.14. The Morgan fingerprint density at radius 2 is 1.83 bits per heavy atom. The van der Waals surface area contributed by atoms with E-state index in [0.717, 1.165) is 10.7 Å². The second-order valence-electron chi connectivity index (χ2n) is 6.74. The van der Waals surface area contributed by atoms with Gasteiger partial charge in [0.2, 0.25) is 5.91 Å². The van der Waals surface area contributed by atoms with Crippen LogP contribution in [0, 0.1) is 0 Å². The number of rotatable bonds is 8. The summed E-state index contributed by atoms with van der Waals surface area (Å²) < 4.78 is 0. The average Bonchev–Trinajstić information content (AvgIpc) is 2.97. The van der Waals surface area contributed by atoms with Crippen molar-refractivity contribution in [2.45, 2.75) is 51.9 Å². The summed E-state index contributed by atoms with van der Waals surface area (Å²) >= 11 is 1.71. The number of benzene rings is 1. The van der Waals surface area contributed by atoms with Gasteiger partial charge in [0.1, 0.15) is 0 Å². The van der Waals surface area contributed by atoms with Crippen molar-refractivity contribution < 1.29 is 4.79 Å². The van der Waals surface area contributed by atoms with Crippen LogP contribution in [-0.4, -0.2) is 17.4 Å². The van der Waals surface area contributed by atoms with Crippen molar-refractivity contribution >= 4 is 22.4 Å². The molecule has 0 aliphatic rings. The zero-order valence-corrected chi connectivity index (χ0v) is 15.7. The number of carbonyl (C=O) groups excluding carboxylic acids is 1. The van der Waals surface area contributed by atoms with Crippen LogP contribution in [0.4, 0.5) is 5.13 Å². The minimum absolute atomic E-state index is 0.0533. The van der Waals surface area contributed by atoms with E-state index in [1.165, 1.54) is 10.6 Å². The number of anilines is 1. The normalized spacial score (nSPS) is 12.6. The zero-order chi connectivity index (χ0) is 17.7. The van der Waals surface area contributed by atoms with E-state index in [0.29, 0.717) is 24.8 Å². The van der Waals surface area contributed by atoms with Crippen LogP contribution < -0.4 is 11.1 Å². The van der Waals surface area contributed by atoms with E-state index < -0.39 is 0 Å². The maximum atomic E-state index is 11.4. The lowest BCUT2D eigenvalue weighted by Crippen LogP contribution is -2.20. The highest BCUT2D eigenvalue weighted by atomic mass is 32.1. The van der Waals surface area contributed by atoms with Gasteiger partial charge in [-0.1, -0.05) is 58.0 Å². The summed E-state index contributed by atoms with van der Waals surface area (Å²) in [4.78, 5) is 17.5. The fourth-order valence-corrected chi connectivity index (χ4v) is 3.86. The first kappa shape index (κ1) is 18.5. The summed E-state index contributed by atoms with van der Waals surface area (Å²) in [5.74, 6) is 0.642. The van der Waals surface area contributed by atoms with Crippen LogP contribution in [-0.2, 0) is 4.79 Å². The Morgan fingerprint density at radius 1 is 1.17 bits per heavy atom. The Hall–Kier alpha value is -1.88. The molecule has 1 aromatic carbocycles. The number of hydrogen-bond acceptors (Lipinski definition) is 4. The molecule has 2 aromatic rings. The van der Waals surface area contributed by atoms with Crippen LogP contribution >= 0.6 is 11.3 Å². The summed E-state index contributed by atoms with van der Waals surface area (Å²) in [6, 6.07) is 10.0. The number of nitrogens with two attached hydrogens (primary N) is 1. The molecule has 0 aliphatic heterocycles. The number of carbonyl (C=O) groups is 1. The van der Waals surface area contributed by atoms with Gasteiger partial charge in [-0.05, 0) is 17.4 Å². The van der Waals surface area contributed by atoms with Gasteiger partial charge in [-0.3, -0.25) is 4.79 Å². The predicted molar refractivity (Wildman–Crippen MR) is 102 cm³/mol. The maximum Gasteiger partial charge on any atom is 0.218 e. The molecule has 130 valence electrons. The number of nitrogens with zero attached hydrogens (tertiary/aromatic N) is 1. The summed E-state index contributed by atoms with van der Waals surface area (Å²) in [5.41, 5.74) is 7.72. The molecule has 0 fully saturated rings. The summed E-state index contributed by atoms with van der Waals surface area (Å²) in [6.45, 7) is 9.39. The van der Waals surface area contributed by atoms with Crippen LogP contribution in [0.3, 0.4) is 0 Å². The lowest BCUT2D eigenvalue weighted by atomic mass is 9.95. The van der Waals surface area contributed by atoms with Gasteiger partial charge < -0.3 is 11.1 Å². The standard InChI is InChI=1S/C19H27N3OS/c1-12(2)17-18(13(3)4)24-19(22-17)21-11-15(10-16(20)23)14-8-6-5-7-9-14/h5-9,12-13,15H,10-11H2,1-4H3,(H2,20,23)(H,21,22). The molecule has 1 atom stereocenters. The van der Waals surface area contributed by atoms with Crippen LogP contribution in [0.15, 0.2) is 30.3 Å². The second-order valence-corrected chi connectivity index (χ2v) is 7.77. The van der Waals surface area contributed by atoms with E-state index in [9.17, 15) is 4.79 Å². The number of aromatic nitrogens is 1. The Labute approximate surface area is 148 Å². The van der Waals surface area contributed by atoms with Gasteiger partial charge >= 0.3 is 0 Å². The fourth-order valence-electron chi connectivity index (χ4n) is 2.73. The molecular weight excluding hydrogens is 318 g/mol. The Morgan fingerprint density at radius 3 is 2.33 bits per heavy atom. The van der Waals surface area contributed by atoms with Crippen molar-refractivity contribution in [3.63, 3.8) is 0 Å². The van der Waals surface area contributed by atoms with Crippen molar-refractivity contribution in [2.75, 3.05) is 11.9 Å². The molecule has 1 unspecified atom stereocenters. The van der Waals surface area contributed by atoms with Crippen LogP contribution in [0.2, 0.25) is 0 Å². The van der Waals surface area contributed by atoms with Crippen molar-refractivity contribution in [3.8, 4) is 0 Å². The molecule has 5 heteroatoms. The van der Waals surface area contributed by atoms with Crippen molar-refractivity contribution in [1.29, 1.82) is 0 Å². The third-order valence-electron chi connectivity index (χ3n) is 3.97. The Bertz CT molecular complexity index is 639. The predicted octanol–water partition coefficient (Wildman–Crippen LogP) is 4.46. The molecule has 4 nitrogen and oxygen atoms in total. The quantitative estimate of drug-likeness (QED) is 0.742. The van der Waals surface area contributed by atoms with Crippen LogP contribution in [0.5, 0.6) is 0 Å². The molecule has 24 heavy (non-hydrogen) atoms. The molecule has 0 bridgehead atoms. The monoisotopic (exact) mass is 345 g/mol. The number of hydrogen-bond donors (Lipinski definition) is 2. The van der Waals surface area contributed by atoms with Crippen LogP contribution in [0.25, 0.3) is 0 Å². The smallest absolute Gasteiger partial charge is 0.218 e. The molecule has 0 spiro atoms. The first-order valence-electron chi connectivity index (χ1n) is 8.46. The van der Waals surface area contributed by atoms with E-state index in [1.807, 2.05) is 30.3 Å². The van der Waals surface area contributed by atoms with E-state index in [-0.39, 0.29) is 11.8 Å². The van der Waals surface area contributed by atoms with E-state index in [2.05, 4.69) is 33.0 Å². The average molecular weight is 346 g/mol. The molecule has 0 saturated carbocycles. The van der Waals surface area contributed by atoms with E-state index in [1.54, 1.807) is 11.3 Å². The van der Waals surface area contributed by atoms with Gasteiger partial charge in [0, 0.05) is 23.8 Å². The molecule has 1 aromatic heterocycles. The van der Waals surface area contributed by atoms with Gasteiger partial charge in [-0.2, -0.15) is 0 Å². The third-order valence-corrected chi connectivity index (χ3v) is 5.30. The molecule has 0 saturated heterocycles. The first-order valence-corrected chi connectivity index (χ1v) is 9.27. The number of thiazole rings is 1. The molecule has 0 aliphatic carbocycles. The molecule has 2 rings (SSSR count). The van der Waals surface area contributed by atoms with Crippen LogP contribution in [0.1, 0.15) is 68.0 Å². The fraction of sp³-hybridized carbons (Fsp3) is 0.474. The van der Waals surface area contributed by atoms with Gasteiger partial charge in [0.05, 0.1) is 5.69 Å². The molecule has 1 amide bonds. The summed E-state index contributed by atoms with van der Waals surface area (Å²) in [5, 5.41) is 4.34. The maximum absolute atomic E-state index is 11.4. The van der Waals surface area contributed by atoms with E-state index in [4.69, 9.17) is 10.7 Å². The largest absolute Gasteiger partial charge is 0.370 e. The van der Waals surface area contributed by atoms with Gasteiger partial charge in [0.15, 0.2) is 5.13 Å². The SMILES string of the molecule is CC(C)c1nc(NCC(CC(N)=O)c2ccccc2)sc1C(C)C. The highest BCUT2D eigenvalue weighted by Gasteiger charge is 2.19. The highest BCUT2D eigenvalue weighted by Crippen LogP contribution is 2.34. The lowest BCUT2D eigenvalue weighted by Gasteiger charge is -2.16. The number of nitrogens with one attached hydrogen (secondary N) is 1. The lowest BCUT2D eigenvalue weighted by molar-refractivity contribution is -0.118. The Kier molecular flexibility index (Phi) is 6.37. The number of primary amides is 1. The summed E-state index contributed by atoms with van der Waals surface area (Å²) in [6.07, 6.45) is 0.330. The zero-order valence-electron chi connectivity index (χ0n) is 14.9. The second kappa shape index (κ2) is 8.29. The first-order chi connectivity index (χ1) is 11.4. The van der Waals surface area contributed by atoms with Gasteiger partial charge in [-0.25, -0.2) is 4.98 Å². The minimum Gasteiger partial charge on any atom is -0.370 e. The summed E-state index contributed by atoms with van der Waals surface area (Å²) in [7, 11) is 0. The minimum atomic E-state index is -0.282. The molecule has 3 N–H and O–H groups in total. The number of amides is 1. The third kappa shape index (κ3) is 4.81. The van der Waals surface area contributed by atoms with Crippen molar-refractivity contribution in [3.05, 3.63) is 46.5 Å². The topological polar surface area (TPSA) is 68.0 Å².